The fourth-order valence-corrected chi connectivity index (χ4v) is 2.69. The van der Waals surface area contributed by atoms with Gasteiger partial charge in [-0.1, -0.05) is 30.3 Å². The van der Waals surface area contributed by atoms with Gasteiger partial charge in [-0.2, -0.15) is 5.26 Å². The van der Waals surface area contributed by atoms with Gasteiger partial charge in [0.15, 0.2) is 0 Å². The van der Waals surface area contributed by atoms with Gasteiger partial charge in [0, 0.05) is 29.9 Å². The van der Waals surface area contributed by atoms with E-state index in [1.54, 1.807) is 4.90 Å². The Morgan fingerprint density at radius 1 is 1.19 bits per heavy atom. The lowest BCUT2D eigenvalue weighted by molar-refractivity contribution is 0.0767. The maximum atomic E-state index is 12.4. The molecule has 0 fully saturated rings. The SMILES string of the molecule is N#CCc1cccc(CN2Cc3c(N)cccc3C2=O)c1. The van der Waals surface area contributed by atoms with Gasteiger partial charge in [-0.15, -0.1) is 0 Å². The van der Waals surface area contributed by atoms with Gasteiger partial charge in [0.2, 0.25) is 0 Å². The zero-order chi connectivity index (χ0) is 14.8. The minimum absolute atomic E-state index is 0.0167. The standard InChI is InChI=1S/C17H15N3O/c18-8-7-12-3-1-4-13(9-12)10-20-11-15-14(17(20)21)5-2-6-16(15)19/h1-6,9H,7,10-11,19H2. The zero-order valence-corrected chi connectivity index (χ0v) is 11.5. The molecule has 0 saturated heterocycles. The van der Waals surface area contributed by atoms with Gasteiger partial charge in [0.1, 0.15) is 0 Å². The average molecular weight is 277 g/mol. The summed E-state index contributed by atoms with van der Waals surface area (Å²) in [5.74, 6) is 0.0167. The molecule has 2 aromatic carbocycles. The van der Waals surface area contributed by atoms with Crippen LogP contribution in [0.2, 0.25) is 0 Å². The van der Waals surface area contributed by atoms with Gasteiger partial charge in [-0.05, 0) is 23.3 Å². The molecule has 0 saturated carbocycles. The summed E-state index contributed by atoms with van der Waals surface area (Å²) in [6.45, 7) is 1.08. The Hall–Kier alpha value is -2.80. The second-order valence-corrected chi connectivity index (χ2v) is 5.19. The van der Waals surface area contributed by atoms with E-state index in [0.717, 1.165) is 16.7 Å². The number of amides is 1. The van der Waals surface area contributed by atoms with Gasteiger partial charge in [-0.3, -0.25) is 4.79 Å². The van der Waals surface area contributed by atoms with Crippen molar-refractivity contribution < 1.29 is 4.79 Å². The van der Waals surface area contributed by atoms with Crippen LogP contribution in [0.3, 0.4) is 0 Å². The molecule has 0 unspecified atom stereocenters. The van der Waals surface area contributed by atoms with Gasteiger partial charge in [-0.25, -0.2) is 0 Å². The summed E-state index contributed by atoms with van der Waals surface area (Å²) in [7, 11) is 0. The molecular weight excluding hydrogens is 262 g/mol. The molecule has 1 aliphatic heterocycles. The van der Waals surface area contributed by atoms with Crippen LogP contribution < -0.4 is 5.73 Å². The Bertz CT molecular complexity index is 746. The van der Waals surface area contributed by atoms with Gasteiger partial charge in [0.25, 0.3) is 5.91 Å². The number of rotatable bonds is 3. The maximum Gasteiger partial charge on any atom is 0.254 e. The van der Waals surface area contributed by atoms with Crippen molar-refractivity contribution in [3.63, 3.8) is 0 Å². The number of nitrogens with two attached hydrogens (primary N) is 1. The van der Waals surface area contributed by atoms with E-state index in [4.69, 9.17) is 11.0 Å². The molecule has 0 spiro atoms. The Morgan fingerprint density at radius 2 is 1.95 bits per heavy atom. The predicted molar refractivity (Wildman–Crippen MR) is 80.2 cm³/mol. The lowest BCUT2D eigenvalue weighted by atomic mass is 10.1. The highest BCUT2D eigenvalue weighted by Gasteiger charge is 2.28. The summed E-state index contributed by atoms with van der Waals surface area (Å²) >= 11 is 0. The summed E-state index contributed by atoms with van der Waals surface area (Å²) in [6, 6.07) is 15.4. The molecule has 0 aliphatic carbocycles. The lowest BCUT2D eigenvalue weighted by Gasteiger charge is -2.16. The molecule has 1 heterocycles. The van der Waals surface area contributed by atoms with E-state index in [0.29, 0.717) is 30.8 Å². The van der Waals surface area contributed by atoms with Gasteiger partial charge in [0.05, 0.1) is 12.5 Å². The van der Waals surface area contributed by atoms with Crippen LogP contribution in [0, 0.1) is 11.3 Å². The van der Waals surface area contributed by atoms with Crippen molar-refractivity contribution in [1.82, 2.24) is 4.90 Å². The van der Waals surface area contributed by atoms with Crippen LogP contribution in [0.1, 0.15) is 27.0 Å². The monoisotopic (exact) mass is 277 g/mol. The number of carbonyl (C=O) groups is 1. The van der Waals surface area contributed by atoms with Crippen LogP contribution in [0.5, 0.6) is 0 Å². The normalized spacial score (nSPS) is 13.1. The van der Waals surface area contributed by atoms with Crippen molar-refractivity contribution in [2.75, 3.05) is 5.73 Å². The number of nitrogen functional groups attached to an aromatic ring is 1. The van der Waals surface area contributed by atoms with Crippen molar-refractivity contribution in [2.24, 2.45) is 0 Å². The molecule has 21 heavy (non-hydrogen) atoms. The topological polar surface area (TPSA) is 70.1 Å². The molecule has 4 nitrogen and oxygen atoms in total. The largest absolute Gasteiger partial charge is 0.398 e. The summed E-state index contributed by atoms with van der Waals surface area (Å²) in [5.41, 5.74) is 10.2. The second kappa shape index (κ2) is 5.29. The summed E-state index contributed by atoms with van der Waals surface area (Å²) in [4.78, 5) is 14.2. The molecule has 104 valence electrons. The first-order valence-electron chi connectivity index (χ1n) is 6.80. The van der Waals surface area contributed by atoms with Crippen molar-refractivity contribution in [1.29, 1.82) is 5.26 Å². The Balaban J connectivity index is 1.82. The van der Waals surface area contributed by atoms with E-state index in [1.807, 2.05) is 42.5 Å². The molecule has 0 radical (unpaired) electrons. The van der Waals surface area contributed by atoms with E-state index >= 15 is 0 Å². The van der Waals surface area contributed by atoms with Crippen LogP contribution in [0.4, 0.5) is 5.69 Å². The maximum absolute atomic E-state index is 12.4. The third-order valence-corrected chi connectivity index (χ3v) is 3.73. The Kier molecular flexibility index (Phi) is 3.33. The Morgan fingerprint density at radius 3 is 2.71 bits per heavy atom. The number of hydrogen-bond donors (Lipinski definition) is 1. The molecule has 3 rings (SSSR count). The van der Waals surface area contributed by atoms with Crippen LogP contribution in [0.25, 0.3) is 0 Å². The third-order valence-electron chi connectivity index (χ3n) is 3.73. The van der Waals surface area contributed by atoms with E-state index < -0.39 is 0 Å². The molecule has 1 amide bonds. The second-order valence-electron chi connectivity index (χ2n) is 5.19. The van der Waals surface area contributed by atoms with E-state index in [-0.39, 0.29) is 5.91 Å². The molecule has 0 aromatic heterocycles. The quantitative estimate of drug-likeness (QED) is 0.876. The minimum atomic E-state index is 0.0167. The first-order chi connectivity index (χ1) is 10.2. The van der Waals surface area contributed by atoms with Crippen LogP contribution in [-0.4, -0.2) is 10.8 Å². The molecule has 0 bridgehead atoms. The van der Waals surface area contributed by atoms with Crippen molar-refractivity contribution in [2.45, 2.75) is 19.5 Å². The summed E-state index contributed by atoms with van der Waals surface area (Å²) in [6.07, 6.45) is 0.384. The highest BCUT2D eigenvalue weighted by Crippen LogP contribution is 2.28. The number of benzene rings is 2. The average Bonchev–Trinajstić information content (AvgIpc) is 2.79. The van der Waals surface area contributed by atoms with Crippen molar-refractivity contribution in [3.8, 4) is 6.07 Å². The van der Waals surface area contributed by atoms with Crippen LogP contribution >= 0.6 is 0 Å². The Labute approximate surface area is 123 Å². The molecule has 2 N–H and O–H groups in total. The first kappa shape index (κ1) is 13.2. The zero-order valence-electron chi connectivity index (χ0n) is 11.5. The molecule has 1 aliphatic rings. The predicted octanol–water partition coefficient (Wildman–Crippen LogP) is 2.49. The molecule has 2 aromatic rings. The fraction of sp³-hybridized carbons (Fsp3) is 0.176. The summed E-state index contributed by atoms with van der Waals surface area (Å²) < 4.78 is 0. The highest BCUT2D eigenvalue weighted by atomic mass is 16.2. The number of nitrogens with zero attached hydrogens (tertiary/aromatic N) is 2. The number of fused-ring (bicyclic) bond motifs is 1. The third kappa shape index (κ3) is 2.46. The number of carbonyl (C=O) groups excluding carboxylic acids is 1. The minimum Gasteiger partial charge on any atom is -0.398 e. The van der Waals surface area contributed by atoms with Crippen molar-refractivity contribution in [3.05, 3.63) is 64.7 Å². The smallest absolute Gasteiger partial charge is 0.254 e. The lowest BCUT2D eigenvalue weighted by Crippen LogP contribution is -2.23. The number of nitriles is 1. The van der Waals surface area contributed by atoms with Gasteiger partial charge >= 0.3 is 0 Å². The van der Waals surface area contributed by atoms with Gasteiger partial charge < -0.3 is 10.6 Å². The fourth-order valence-electron chi connectivity index (χ4n) is 2.69. The van der Waals surface area contributed by atoms with E-state index in [1.165, 1.54) is 0 Å². The molecular formula is C17H15N3O. The molecule has 4 heteroatoms. The van der Waals surface area contributed by atoms with E-state index in [9.17, 15) is 4.79 Å². The number of anilines is 1. The first-order valence-corrected chi connectivity index (χ1v) is 6.80. The number of hydrogen-bond acceptors (Lipinski definition) is 3. The van der Waals surface area contributed by atoms with Crippen LogP contribution in [-0.2, 0) is 19.5 Å². The molecule has 0 atom stereocenters. The van der Waals surface area contributed by atoms with E-state index in [2.05, 4.69) is 6.07 Å². The highest BCUT2D eigenvalue weighted by molar-refractivity contribution is 5.99. The van der Waals surface area contributed by atoms with Crippen molar-refractivity contribution >= 4 is 11.6 Å². The van der Waals surface area contributed by atoms with Crippen LogP contribution in [0.15, 0.2) is 42.5 Å². The summed E-state index contributed by atoms with van der Waals surface area (Å²) in [5, 5.41) is 8.76.